The Hall–Kier alpha value is -3.19. The summed E-state index contributed by atoms with van der Waals surface area (Å²) in [7, 11) is 0. The van der Waals surface area contributed by atoms with Crippen molar-refractivity contribution in [3.05, 3.63) is 76.1 Å². The lowest BCUT2D eigenvalue weighted by Crippen LogP contribution is -2.24. The molecule has 0 aliphatic heterocycles. The number of aromatic nitrogens is 2. The maximum Gasteiger partial charge on any atom is 0.251 e. The summed E-state index contributed by atoms with van der Waals surface area (Å²) in [6.07, 6.45) is 1.71. The highest BCUT2D eigenvalue weighted by atomic mass is 32.1. The minimum atomic E-state index is -0.0865. The first-order valence-electron chi connectivity index (χ1n) is 9.87. The number of para-hydroxylation sites is 1. The topological polar surface area (TPSA) is 77.2 Å². The van der Waals surface area contributed by atoms with Crippen molar-refractivity contribution in [2.24, 2.45) is 0 Å². The molecular formula is C23H23N3O3S. The Labute approximate surface area is 178 Å². The summed E-state index contributed by atoms with van der Waals surface area (Å²) in [6.45, 7) is 4.75. The van der Waals surface area contributed by atoms with Crippen molar-refractivity contribution in [2.45, 2.75) is 33.3 Å². The summed E-state index contributed by atoms with van der Waals surface area (Å²) >= 11 is 1.71. The fourth-order valence-electron chi connectivity index (χ4n) is 3.14. The predicted molar refractivity (Wildman–Crippen MR) is 117 cm³/mol. The monoisotopic (exact) mass is 421 g/mol. The van der Waals surface area contributed by atoms with E-state index >= 15 is 0 Å². The molecule has 0 aliphatic rings. The summed E-state index contributed by atoms with van der Waals surface area (Å²) in [5, 5.41) is 7.99. The standard InChI is InChI=1S/C23H23N3O3S/c1-15-19(16(2)29-26-15)14-28-18-11-9-17(10-12-18)23(27)24-13-5-8-22-25-20-6-3-4-7-21(20)30-22/h3-4,6-7,9-12H,5,8,13-14H2,1-2H3,(H,24,27). The van der Waals surface area contributed by atoms with E-state index in [1.54, 1.807) is 35.6 Å². The molecule has 0 saturated heterocycles. The van der Waals surface area contributed by atoms with Gasteiger partial charge in [0.2, 0.25) is 0 Å². The van der Waals surface area contributed by atoms with Gasteiger partial charge in [-0.1, -0.05) is 17.3 Å². The molecule has 0 aliphatic carbocycles. The number of thiazole rings is 1. The summed E-state index contributed by atoms with van der Waals surface area (Å²) in [6, 6.07) is 15.3. The third-order valence-corrected chi connectivity index (χ3v) is 5.97. The van der Waals surface area contributed by atoms with Gasteiger partial charge in [-0.3, -0.25) is 4.79 Å². The predicted octanol–water partition coefficient (Wildman–Crippen LogP) is 4.84. The van der Waals surface area contributed by atoms with Gasteiger partial charge in [-0.2, -0.15) is 0 Å². The fourth-order valence-corrected chi connectivity index (χ4v) is 4.15. The lowest BCUT2D eigenvalue weighted by molar-refractivity contribution is 0.0953. The second-order valence-electron chi connectivity index (χ2n) is 7.05. The largest absolute Gasteiger partial charge is 0.489 e. The van der Waals surface area contributed by atoms with Crippen LogP contribution in [0.15, 0.2) is 53.1 Å². The summed E-state index contributed by atoms with van der Waals surface area (Å²) in [5.41, 5.74) is 3.43. The van der Waals surface area contributed by atoms with Crippen LogP contribution in [0.4, 0.5) is 0 Å². The number of amides is 1. The second kappa shape index (κ2) is 9.09. The van der Waals surface area contributed by atoms with E-state index in [9.17, 15) is 4.79 Å². The van der Waals surface area contributed by atoms with Crippen molar-refractivity contribution in [2.75, 3.05) is 6.54 Å². The van der Waals surface area contributed by atoms with E-state index < -0.39 is 0 Å². The zero-order valence-electron chi connectivity index (χ0n) is 17.0. The van der Waals surface area contributed by atoms with E-state index in [0.29, 0.717) is 24.5 Å². The molecule has 0 saturated carbocycles. The number of fused-ring (bicyclic) bond motifs is 1. The smallest absolute Gasteiger partial charge is 0.251 e. The van der Waals surface area contributed by atoms with Crippen molar-refractivity contribution in [1.29, 1.82) is 0 Å². The Morgan fingerprint density at radius 1 is 1.13 bits per heavy atom. The number of carbonyl (C=O) groups is 1. The number of nitrogens with zero attached hydrogens (tertiary/aromatic N) is 2. The number of nitrogens with one attached hydrogen (secondary N) is 1. The molecule has 1 N–H and O–H groups in total. The number of benzene rings is 2. The summed E-state index contributed by atoms with van der Waals surface area (Å²) in [4.78, 5) is 17.0. The zero-order valence-corrected chi connectivity index (χ0v) is 17.8. The van der Waals surface area contributed by atoms with Crippen molar-refractivity contribution in [3.63, 3.8) is 0 Å². The van der Waals surface area contributed by atoms with Gasteiger partial charge >= 0.3 is 0 Å². The Morgan fingerprint density at radius 2 is 1.93 bits per heavy atom. The van der Waals surface area contributed by atoms with Gasteiger partial charge in [0.1, 0.15) is 18.1 Å². The van der Waals surface area contributed by atoms with E-state index in [2.05, 4.69) is 21.5 Å². The average molecular weight is 422 g/mol. The fraction of sp³-hybridized carbons (Fsp3) is 0.261. The molecule has 0 bridgehead atoms. The number of rotatable bonds is 8. The molecule has 0 fully saturated rings. The van der Waals surface area contributed by atoms with Crippen LogP contribution in [0.25, 0.3) is 10.2 Å². The maximum absolute atomic E-state index is 12.4. The maximum atomic E-state index is 12.4. The van der Waals surface area contributed by atoms with Crippen LogP contribution in [0.1, 0.15) is 38.8 Å². The van der Waals surface area contributed by atoms with Crippen LogP contribution in [0.3, 0.4) is 0 Å². The lowest BCUT2D eigenvalue weighted by Gasteiger charge is -2.08. The third-order valence-electron chi connectivity index (χ3n) is 4.87. The summed E-state index contributed by atoms with van der Waals surface area (Å²) < 4.78 is 12.1. The first-order valence-corrected chi connectivity index (χ1v) is 10.7. The number of aryl methyl sites for hydroxylation is 3. The van der Waals surface area contributed by atoms with Crippen molar-refractivity contribution >= 4 is 27.5 Å². The molecule has 2 aromatic heterocycles. The van der Waals surface area contributed by atoms with E-state index in [0.717, 1.165) is 40.4 Å². The van der Waals surface area contributed by atoms with Crippen LogP contribution in [0, 0.1) is 13.8 Å². The van der Waals surface area contributed by atoms with E-state index in [4.69, 9.17) is 9.26 Å². The lowest BCUT2D eigenvalue weighted by atomic mass is 10.2. The highest BCUT2D eigenvalue weighted by Crippen LogP contribution is 2.22. The molecule has 4 rings (SSSR count). The molecule has 0 atom stereocenters. The molecule has 4 aromatic rings. The SMILES string of the molecule is Cc1noc(C)c1COc1ccc(C(=O)NCCCc2nc3ccccc3s2)cc1. The molecule has 2 heterocycles. The van der Waals surface area contributed by atoms with Crippen LogP contribution in [-0.2, 0) is 13.0 Å². The van der Waals surface area contributed by atoms with Gasteiger partial charge < -0.3 is 14.6 Å². The van der Waals surface area contributed by atoms with Crippen LogP contribution < -0.4 is 10.1 Å². The minimum absolute atomic E-state index is 0.0865. The number of hydrogen-bond donors (Lipinski definition) is 1. The number of carbonyl (C=O) groups excluding carboxylic acids is 1. The number of hydrogen-bond acceptors (Lipinski definition) is 6. The van der Waals surface area contributed by atoms with Gasteiger partial charge in [0, 0.05) is 18.5 Å². The highest BCUT2D eigenvalue weighted by Gasteiger charge is 2.10. The second-order valence-corrected chi connectivity index (χ2v) is 8.17. The Morgan fingerprint density at radius 3 is 2.67 bits per heavy atom. The van der Waals surface area contributed by atoms with Gasteiger partial charge in [0.05, 0.1) is 26.5 Å². The Kier molecular flexibility index (Phi) is 6.09. The molecule has 0 unspecified atom stereocenters. The van der Waals surface area contributed by atoms with Crippen LogP contribution in [-0.4, -0.2) is 22.6 Å². The number of ether oxygens (including phenoxy) is 1. The Bertz CT molecular complexity index is 1100. The molecule has 154 valence electrons. The molecular weight excluding hydrogens is 398 g/mol. The van der Waals surface area contributed by atoms with Gasteiger partial charge in [-0.25, -0.2) is 4.98 Å². The van der Waals surface area contributed by atoms with Gasteiger partial charge in [0.25, 0.3) is 5.91 Å². The van der Waals surface area contributed by atoms with Crippen molar-refractivity contribution in [1.82, 2.24) is 15.5 Å². The minimum Gasteiger partial charge on any atom is -0.489 e. The first kappa shape index (κ1) is 20.1. The molecule has 30 heavy (non-hydrogen) atoms. The molecule has 7 heteroatoms. The van der Waals surface area contributed by atoms with Crippen molar-refractivity contribution in [3.8, 4) is 5.75 Å². The Balaban J connectivity index is 1.23. The van der Waals surface area contributed by atoms with Gasteiger partial charge in [0.15, 0.2) is 0 Å². The summed E-state index contributed by atoms with van der Waals surface area (Å²) in [5.74, 6) is 1.37. The van der Waals surface area contributed by atoms with Crippen LogP contribution in [0.5, 0.6) is 5.75 Å². The van der Waals surface area contributed by atoms with Crippen molar-refractivity contribution < 1.29 is 14.1 Å². The first-order chi connectivity index (χ1) is 14.6. The quantitative estimate of drug-likeness (QED) is 0.412. The van der Waals surface area contributed by atoms with E-state index in [-0.39, 0.29) is 5.91 Å². The highest BCUT2D eigenvalue weighted by molar-refractivity contribution is 7.18. The van der Waals surface area contributed by atoms with E-state index in [1.807, 2.05) is 32.0 Å². The normalized spacial score (nSPS) is 11.0. The molecule has 2 aromatic carbocycles. The van der Waals surface area contributed by atoms with Crippen LogP contribution in [0.2, 0.25) is 0 Å². The van der Waals surface area contributed by atoms with Gasteiger partial charge in [-0.15, -0.1) is 11.3 Å². The molecule has 1 amide bonds. The van der Waals surface area contributed by atoms with Gasteiger partial charge in [-0.05, 0) is 56.7 Å². The molecule has 6 nitrogen and oxygen atoms in total. The molecule has 0 spiro atoms. The third kappa shape index (κ3) is 4.68. The molecule has 0 radical (unpaired) electrons. The average Bonchev–Trinajstić information content (AvgIpc) is 3.32. The van der Waals surface area contributed by atoms with Crippen LogP contribution >= 0.6 is 11.3 Å². The zero-order chi connectivity index (χ0) is 20.9. The van der Waals surface area contributed by atoms with E-state index in [1.165, 1.54) is 4.70 Å².